The van der Waals surface area contributed by atoms with Gasteiger partial charge in [-0.3, -0.25) is 0 Å². The number of hydrogen-bond donors (Lipinski definition) is 1. The number of pyridine rings is 1. The SMILES string of the molecule is COC(=O)c1cccc(-n2cc(-c3ccccc3)c(-c3ccnc(Nc4ccc(-n5nc(C)nc5C)cc4)c3)n2)c1. The lowest BCUT2D eigenvalue weighted by Crippen LogP contribution is -2.03. The fraction of sp³-hybridized carbons (Fsp3) is 0.0938. The first-order valence-corrected chi connectivity index (χ1v) is 13.1. The normalized spacial score (nSPS) is 10.9. The monoisotopic (exact) mass is 541 g/mol. The summed E-state index contributed by atoms with van der Waals surface area (Å²) >= 11 is 0. The van der Waals surface area contributed by atoms with E-state index < -0.39 is 5.97 Å². The number of rotatable bonds is 7. The first-order chi connectivity index (χ1) is 20.0. The van der Waals surface area contributed by atoms with Crippen LogP contribution in [-0.4, -0.2) is 42.6 Å². The Kier molecular flexibility index (Phi) is 6.83. The summed E-state index contributed by atoms with van der Waals surface area (Å²) in [5.41, 5.74) is 6.70. The third-order valence-corrected chi connectivity index (χ3v) is 6.62. The van der Waals surface area contributed by atoms with Gasteiger partial charge in [-0.05, 0) is 74.0 Å². The summed E-state index contributed by atoms with van der Waals surface area (Å²) in [5, 5.41) is 12.8. The molecule has 0 radical (unpaired) electrons. The Morgan fingerprint density at radius 2 is 1.63 bits per heavy atom. The average molecular weight is 542 g/mol. The zero-order chi connectivity index (χ0) is 28.3. The van der Waals surface area contributed by atoms with Crippen molar-refractivity contribution in [2.24, 2.45) is 0 Å². The van der Waals surface area contributed by atoms with Gasteiger partial charge >= 0.3 is 5.97 Å². The number of ether oxygens (including phenoxy) is 1. The van der Waals surface area contributed by atoms with Crippen LogP contribution in [0, 0.1) is 13.8 Å². The minimum atomic E-state index is -0.396. The number of nitrogens with one attached hydrogen (secondary N) is 1. The number of nitrogens with zero attached hydrogens (tertiary/aromatic N) is 6. The molecule has 0 fully saturated rings. The predicted molar refractivity (Wildman–Crippen MR) is 158 cm³/mol. The second-order valence-electron chi connectivity index (χ2n) is 9.46. The highest BCUT2D eigenvalue weighted by molar-refractivity contribution is 5.90. The van der Waals surface area contributed by atoms with Gasteiger partial charge < -0.3 is 10.1 Å². The molecule has 0 atom stereocenters. The number of aryl methyl sites for hydroxylation is 2. The average Bonchev–Trinajstić information content (AvgIpc) is 3.61. The van der Waals surface area contributed by atoms with Crippen LogP contribution in [0.1, 0.15) is 22.0 Å². The van der Waals surface area contributed by atoms with Crippen LogP contribution in [0.25, 0.3) is 33.8 Å². The molecule has 41 heavy (non-hydrogen) atoms. The number of hydrogen-bond acceptors (Lipinski definition) is 7. The number of carbonyl (C=O) groups is 1. The molecule has 9 heteroatoms. The quantitative estimate of drug-likeness (QED) is 0.236. The van der Waals surface area contributed by atoms with Crippen molar-refractivity contribution < 1.29 is 9.53 Å². The third-order valence-electron chi connectivity index (χ3n) is 6.62. The molecule has 3 aromatic carbocycles. The summed E-state index contributed by atoms with van der Waals surface area (Å²) in [5.74, 6) is 1.86. The molecule has 0 spiro atoms. The van der Waals surface area contributed by atoms with Gasteiger partial charge in [0.1, 0.15) is 23.2 Å². The number of esters is 1. The summed E-state index contributed by atoms with van der Waals surface area (Å²) in [7, 11) is 1.37. The molecular formula is C32H27N7O2. The molecule has 0 aliphatic rings. The van der Waals surface area contributed by atoms with Gasteiger partial charge in [0.05, 0.1) is 24.0 Å². The van der Waals surface area contributed by atoms with E-state index in [4.69, 9.17) is 9.84 Å². The standard InChI is InChI=1S/C32H27N7O2/c1-21-34-22(2)39(36-21)27-14-12-26(13-15-27)35-30-19-24(16-17-33-30)31-29(23-8-5-4-6-9-23)20-38(37-31)28-11-7-10-25(18-28)32(40)41-3/h4-20H,1-3H3,(H,33,35). The van der Waals surface area contributed by atoms with Crippen LogP contribution in [0.4, 0.5) is 11.5 Å². The van der Waals surface area contributed by atoms with Crippen LogP contribution in [0.2, 0.25) is 0 Å². The Morgan fingerprint density at radius 3 is 2.37 bits per heavy atom. The van der Waals surface area contributed by atoms with Crippen molar-refractivity contribution in [3.63, 3.8) is 0 Å². The molecule has 0 aliphatic carbocycles. The Labute approximate surface area is 237 Å². The maximum absolute atomic E-state index is 12.1. The van der Waals surface area contributed by atoms with Crippen molar-refractivity contribution >= 4 is 17.5 Å². The Balaban J connectivity index is 1.34. The van der Waals surface area contributed by atoms with Crippen LogP contribution in [-0.2, 0) is 4.74 Å². The van der Waals surface area contributed by atoms with Gasteiger partial charge in [-0.15, -0.1) is 0 Å². The van der Waals surface area contributed by atoms with E-state index in [-0.39, 0.29) is 0 Å². The minimum Gasteiger partial charge on any atom is -0.465 e. The third kappa shape index (κ3) is 5.33. The van der Waals surface area contributed by atoms with E-state index in [1.807, 2.05) is 91.5 Å². The van der Waals surface area contributed by atoms with Crippen LogP contribution in [0.3, 0.4) is 0 Å². The van der Waals surface area contributed by atoms with Crippen molar-refractivity contribution in [1.82, 2.24) is 29.5 Å². The van der Waals surface area contributed by atoms with Crippen molar-refractivity contribution in [1.29, 1.82) is 0 Å². The minimum absolute atomic E-state index is 0.396. The molecule has 0 amide bonds. The molecule has 6 rings (SSSR count). The van der Waals surface area contributed by atoms with E-state index in [0.717, 1.165) is 51.1 Å². The number of methoxy groups -OCH3 is 1. The van der Waals surface area contributed by atoms with Gasteiger partial charge in [0.15, 0.2) is 0 Å². The fourth-order valence-corrected chi connectivity index (χ4v) is 4.69. The molecule has 0 bridgehead atoms. The number of benzene rings is 3. The lowest BCUT2D eigenvalue weighted by atomic mass is 10.0. The molecule has 1 N–H and O–H groups in total. The van der Waals surface area contributed by atoms with Gasteiger partial charge in [0, 0.05) is 29.2 Å². The second kappa shape index (κ2) is 10.9. The molecule has 0 saturated carbocycles. The van der Waals surface area contributed by atoms with Gasteiger partial charge in [0.2, 0.25) is 0 Å². The molecule has 3 heterocycles. The maximum Gasteiger partial charge on any atom is 0.337 e. The molecule has 0 unspecified atom stereocenters. The number of anilines is 2. The molecule has 9 nitrogen and oxygen atoms in total. The number of carbonyl (C=O) groups excluding carboxylic acids is 1. The zero-order valence-electron chi connectivity index (χ0n) is 22.8. The highest BCUT2D eigenvalue weighted by atomic mass is 16.5. The van der Waals surface area contributed by atoms with E-state index in [1.165, 1.54) is 7.11 Å². The van der Waals surface area contributed by atoms with E-state index in [1.54, 1.807) is 23.0 Å². The summed E-state index contributed by atoms with van der Waals surface area (Å²) in [6.07, 6.45) is 3.74. The van der Waals surface area contributed by atoms with Crippen LogP contribution in [0.5, 0.6) is 0 Å². The van der Waals surface area contributed by atoms with Crippen molar-refractivity contribution in [3.8, 4) is 33.8 Å². The first-order valence-electron chi connectivity index (χ1n) is 13.1. The van der Waals surface area contributed by atoms with Crippen molar-refractivity contribution in [2.45, 2.75) is 13.8 Å². The molecule has 0 aliphatic heterocycles. The zero-order valence-corrected chi connectivity index (χ0v) is 22.8. The summed E-state index contributed by atoms with van der Waals surface area (Å²) < 4.78 is 8.50. The lowest BCUT2D eigenvalue weighted by molar-refractivity contribution is 0.0600. The summed E-state index contributed by atoms with van der Waals surface area (Å²) in [6.45, 7) is 3.81. The smallest absolute Gasteiger partial charge is 0.337 e. The predicted octanol–water partition coefficient (Wildman–Crippen LogP) is 6.33. The maximum atomic E-state index is 12.1. The van der Waals surface area contributed by atoms with Gasteiger partial charge in [-0.25, -0.2) is 24.1 Å². The van der Waals surface area contributed by atoms with Gasteiger partial charge in [0.25, 0.3) is 0 Å². The Hall–Kier alpha value is -5.57. The molecular weight excluding hydrogens is 514 g/mol. The van der Waals surface area contributed by atoms with Crippen molar-refractivity contribution in [3.05, 3.63) is 121 Å². The summed E-state index contributed by atoms with van der Waals surface area (Å²) in [6, 6.07) is 29.2. The summed E-state index contributed by atoms with van der Waals surface area (Å²) in [4.78, 5) is 21.1. The van der Waals surface area contributed by atoms with Gasteiger partial charge in [-0.2, -0.15) is 10.2 Å². The first kappa shape index (κ1) is 25.7. The number of aromatic nitrogens is 6. The van der Waals surface area contributed by atoms with E-state index in [9.17, 15) is 4.79 Å². The second-order valence-corrected chi connectivity index (χ2v) is 9.46. The molecule has 3 aromatic heterocycles. The van der Waals surface area contributed by atoms with E-state index in [2.05, 4.69) is 32.5 Å². The highest BCUT2D eigenvalue weighted by Gasteiger charge is 2.16. The molecule has 202 valence electrons. The van der Waals surface area contributed by atoms with Crippen LogP contribution in [0.15, 0.2) is 103 Å². The lowest BCUT2D eigenvalue weighted by Gasteiger charge is -2.09. The molecule has 0 saturated heterocycles. The fourth-order valence-electron chi connectivity index (χ4n) is 4.69. The van der Waals surface area contributed by atoms with Gasteiger partial charge in [-0.1, -0.05) is 36.4 Å². The Morgan fingerprint density at radius 1 is 0.829 bits per heavy atom. The van der Waals surface area contributed by atoms with Crippen molar-refractivity contribution in [2.75, 3.05) is 12.4 Å². The highest BCUT2D eigenvalue weighted by Crippen LogP contribution is 2.33. The largest absolute Gasteiger partial charge is 0.465 e. The van der Waals surface area contributed by atoms with Crippen LogP contribution < -0.4 is 5.32 Å². The van der Waals surface area contributed by atoms with E-state index >= 15 is 0 Å². The molecule has 6 aromatic rings. The van der Waals surface area contributed by atoms with E-state index in [0.29, 0.717) is 11.4 Å². The van der Waals surface area contributed by atoms with Crippen LogP contribution >= 0.6 is 0 Å². The Bertz CT molecular complexity index is 1840. The topological polar surface area (TPSA) is 99.8 Å².